The lowest BCUT2D eigenvalue weighted by Gasteiger charge is -2.30. The summed E-state index contributed by atoms with van der Waals surface area (Å²) in [6, 6.07) is 13.8. The van der Waals surface area contributed by atoms with Crippen LogP contribution in [0.25, 0.3) is 10.9 Å². The number of fused-ring (bicyclic) bond motifs is 4. The van der Waals surface area contributed by atoms with Gasteiger partial charge in [0.25, 0.3) is 0 Å². The average molecular weight is 349 g/mol. The van der Waals surface area contributed by atoms with Gasteiger partial charge in [0.05, 0.1) is 18.8 Å². The molecule has 6 nitrogen and oxygen atoms in total. The smallest absolute Gasteiger partial charge is 0.323 e. The van der Waals surface area contributed by atoms with Crippen molar-refractivity contribution in [2.45, 2.75) is 18.5 Å². The number of H-pyrrole nitrogens is 1. The molecule has 0 saturated carbocycles. The molecule has 0 radical (unpaired) electrons. The van der Waals surface area contributed by atoms with Crippen LogP contribution in [-0.2, 0) is 16.0 Å². The van der Waals surface area contributed by atoms with Gasteiger partial charge in [-0.3, -0.25) is 10.1 Å². The highest BCUT2D eigenvalue weighted by atomic mass is 16.5. The Morgan fingerprint density at radius 2 is 2.12 bits per heavy atom. The molecule has 0 saturated heterocycles. The Morgan fingerprint density at radius 3 is 3.00 bits per heavy atom. The fourth-order valence-corrected chi connectivity index (χ4v) is 3.97. The molecule has 3 heterocycles. The molecule has 2 aliphatic rings. The molecule has 2 aliphatic heterocycles. The molecule has 2 unspecified atom stereocenters. The summed E-state index contributed by atoms with van der Waals surface area (Å²) in [6.07, 6.45) is 0.603. The van der Waals surface area contributed by atoms with E-state index in [4.69, 9.17) is 9.47 Å². The van der Waals surface area contributed by atoms with Gasteiger partial charge in [-0.2, -0.15) is 0 Å². The number of rotatable bonds is 2. The number of ether oxygens (including phenoxy) is 2. The van der Waals surface area contributed by atoms with Gasteiger partial charge in [0, 0.05) is 23.0 Å². The molecule has 0 aliphatic carbocycles. The van der Waals surface area contributed by atoms with Gasteiger partial charge >= 0.3 is 5.97 Å². The minimum Gasteiger partial charge on any atom is -0.471 e. The molecule has 2 atom stereocenters. The molecular weight excluding hydrogens is 330 g/mol. The summed E-state index contributed by atoms with van der Waals surface area (Å²) in [4.78, 5) is 15.8. The first-order valence-corrected chi connectivity index (χ1v) is 8.68. The minimum atomic E-state index is -0.385. The molecule has 5 rings (SSSR count). The van der Waals surface area contributed by atoms with Crippen LogP contribution in [-0.4, -0.2) is 30.8 Å². The van der Waals surface area contributed by atoms with Crippen molar-refractivity contribution in [2.24, 2.45) is 0 Å². The zero-order valence-corrected chi connectivity index (χ0v) is 14.3. The second-order valence-electron chi connectivity index (χ2n) is 6.66. The maximum atomic E-state index is 12.3. The number of hydrogen-bond donors (Lipinski definition) is 3. The van der Waals surface area contributed by atoms with Crippen molar-refractivity contribution in [3.63, 3.8) is 0 Å². The number of benzene rings is 2. The molecule has 0 spiro atoms. The first kappa shape index (κ1) is 15.3. The molecule has 6 heteroatoms. The van der Waals surface area contributed by atoms with Crippen LogP contribution in [0.5, 0.6) is 5.75 Å². The number of aromatic nitrogens is 1. The van der Waals surface area contributed by atoms with E-state index in [1.165, 1.54) is 12.7 Å². The van der Waals surface area contributed by atoms with Crippen LogP contribution in [0, 0.1) is 0 Å². The summed E-state index contributed by atoms with van der Waals surface area (Å²) in [5.74, 6) is 0.590. The third-order valence-electron chi connectivity index (χ3n) is 5.23. The largest absolute Gasteiger partial charge is 0.471 e. The van der Waals surface area contributed by atoms with Crippen LogP contribution >= 0.6 is 0 Å². The van der Waals surface area contributed by atoms with Crippen molar-refractivity contribution in [1.29, 1.82) is 0 Å². The molecule has 3 aromatic rings. The maximum absolute atomic E-state index is 12.3. The molecule has 0 amide bonds. The lowest BCUT2D eigenvalue weighted by atomic mass is 9.90. The summed E-state index contributed by atoms with van der Waals surface area (Å²) in [5, 5.41) is 7.78. The Labute approximate surface area is 150 Å². The van der Waals surface area contributed by atoms with E-state index in [9.17, 15) is 4.79 Å². The standard InChI is InChI=1S/C20H19N3O3/c1-25-20(24)16-9-13-12-4-2-3-5-14(12)22-19(13)18(23-16)11-6-7-15-17(8-11)26-10-21-15/h2-8,16,18,21-23H,9-10H2,1H3. The van der Waals surface area contributed by atoms with E-state index in [1.54, 1.807) is 0 Å². The van der Waals surface area contributed by atoms with Gasteiger partial charge < -0.3 is 19.8 Å². The monoisotopic (exact) mass is 349 g/mol. The van der Waals surface area contributed by atoms with Crippen molar-refractivity contribution >= 4 is 22.6 Å². The van der Waals surface area contributed by atoms with E-state index < -0.39 is 0 Å². The highest BCUT2D eigenvalue weighted by Crippen LogP contribution is 2.38. The zero-order chi connectivity index (χ0) is 17.7. The molecule has 2 aromatic carbocycles. The topological polar surface area (TPSA) is 75.4 Å². The van der Waals surface area contributed by atoms with Gasteiger partial charge in [-0.25, -0.2) is 0 Å². The number of anilines is 1. The lowest BCUT2D eigenvalue weighted by Crippen LogP contribution is -2.45. The molecule has 1 aromatic heterocycles. The van der Waals surface area contributed by atoms with E-state index in [1.807, 2.05) is 24.3 Å². The van der Waals surface area contributed by atoms with Crippen LogP contribution in [0.3, 0.4) is 0 Å². The zero-order valence-electron chi connectivity index (χ0n) is 14.3. The van der Waals surface area contributed by atoms with Crippen LogP contribution in [0.4, 0.5) is 5.69 Å². The van der Waals surface area contributed by atoms with E-state index in [-0.39, 0.29) is 18.1 Å². The Morgan fingerprint density at radius 1 is 1.23 bits per heavy atom. The second kappa shape index (κ2) is 5.78. The predicted molar refractivity (Wildman–Crippen MR) is 98.3 cm³/mol. The lowest BCUT2D eigenvalue weighted by molar-refractivity contribution is -0.143. The predicted octanol–water partition coefficient (Wildman–Crippen LogP) is 2.71. The van der Waals surface area contributed by atoms with Crippen LogP contribution in [0.15, 0.2) is 42.5 Å². The Kier molecular flexibility index (Phi) is 3.39. The summed E-state index contributed by atoms with van der Waals surface area (Å²) in [6.45, 7) is 0.485. The highest BCUT2D eigenvalue weighted by Gasteiger charge is 2.34. The first-order chi connectivity index (χ1) is 12.7. The van der Waals surface area contributed by atoms with Gasteiger partial charge in [-0.15, -0.1) is 0 Å². The average Bonchev–Trinajstić information content (AvgIpc) is 3.30. The van der Waals surface area contributed by atoms with Crippen LogP contribution < -0.4 is 15.4 Å². The Hall–Kier alpha value is -2.99. The number of aromatic amines is 1. The van der Waals surface area contributed by atoms with Gasteiger partial charge in [0.2, 0.25) is 0 Å². The first-order valence-electron chi connectivity index (χ1n) is 8.68. The Balaban J connectivity index is 1.65. The molecule has 0 fully saturated rings. The van der Waals surface area contributed by atoms with E-state index >= 15 is 0 Å². The van der Waals surface area contributed by atoms with E-state index in [0.29, 0.717) is 13.2 Å². The van der Waals surface area contributed by atoms with Gasteiger partial charge in [-0.05, 0) is 29.3 Å². The number of carbonyl (C=O) groups is 1. The summed E-state index contributed by atoms with van der Waals surface area (Å²) >= 11 is 0. The van der Waals surface area contributed by atoms with Crippen LogP contribution in [0.1, 0.15) is 22.9 Å². The van der Waals surface area contributed by atoms with Crippen LogP contribution in [0.2, 0.25) is 0 Å². The van der Waals surface area contributed by atoms with E-state index in [2.05, 4.69) is 33.8 Å². The number of para-hydroxylation sites is 1. The highest BCUT2D eigenvalue weighted by molar-refractivity contribution is 5.87. The number of esters is 1. The third kappa shape index (κ3) is 2.26. The van der Waals surface area contributed by atoms with Crippen molar-refractivity contribution in [1.82, 2.24) is 10.3 Å². The SMILES string of the molecule is COC(=O)C1Cc2c([nH]c3ccccc23)C(c2ccc3c(c2)OCN3)N1. The summed E-state index contributed by atoms with van der Waals surface area (Å²) in [7, 11) is 1.43. The molecule has 0 bridgehead atoms. The fourth-order valence-electron chi connectivity index (χ4n) is 3.97. The van der Waals surface area contributed by atoms with Crippen molar-refractivity contribution < 1.29 is 14.3 Å². The fraction of sp³-hybridized carbons (Fsp3) is 0.250. The van der Waals surface area contributed by atoms with Gasteiger partial charge in [-0.1, -0.05) is 24.3 Å². The minimum absolute atomic E-state index is 0.134. The third-order valence-corrected chi connectivity index (χ3v) is 5.23. The number of carbonyl (C=O) groups excluding carboxylic acids is 1. The summed E-state index contributed by atoms with van der Waals surface area (Å²) in [5.41, 5.74) is 5.38. The Bertz CT molecular complexity index is 1010. The van der Waals surface area contributed by atoms with Crippen molar-refractivity contribution in [3.05, 3.63) is 59.3 Å². The normalized spacial score (nSPS) is 20.8. The molecule has 132 valence electrons. The second-order valence-corrected chi connectivity index (χ2v) is 6.66. The maximum Gasteiger partial charge on any atom is 0.323 e. The number of hydrogen-bond acceptors (Lipinski definition) is 5. The van der Waals surface area contributed by atoms with Gasteiger partial charge in [0.15, 0.2) is 6.73 Å². The number of methoxy groups -OCH3 is 1. The molecule has 26 heavy (non-hydrogen) atoms. The summed E-state index contributed by atoms with van der Waals surface area (Å²) < 4.78 is 10.6. The van der Waals surface area contributed by atoms with Gasteiger partial charge in [0.1, 0.15) is 11.8 Å². The van der Waals surface area contributed by atoms with Crippen molar-refractivity contribution in [2.75, 3.05) is 19.2 Å². The molecular formula is C20H19N3O3. The molecule has 3 N–H and O–H groups in total. The quantitative estimate of drug-likeness (QED) is 0.620. The van der Waals surface area contributed by atoms with E-state index in [0.717, 1.165) is 33.6 Å². The number of nitrogens with one attached hydrogen (secondary N) is 3. The van der Waals surface area contributed by atoms with Crippen molar-refractivity contribution in [3.8, 4) is 5.75 Å².